The highest BCUT2D eigenvalue weighted by Gasteiger charge is 2.41. The number of carbonyl (C=O) groups is 1. The lowest BCUT2D eigenvalue weighted by atomic mass is 10.2. The molecule has 202 valence electrons. The van der Waals surface area contributed by atoms with Gasteiger partial charge in [0.25, 0.3) is 5.91 Å². The van der Waals surface area contributed by atoms with Gasteiger partial charge in [-0.3, -0.25) is 14.5 Å². The van der Waals surface area contributed by atoms with Crippen LogP contribution in [0.15, 0.2) is 10.9 Å². The van der Waals surface area contributed by atoms with Crippen LogP contribution in [-0.4, -0.2) is 52.8 Å². The number of hydrogen-bond donors (Lipinski definition) is 3. The molecule has 0 aliphatic rings. The second-order valence-corrected chi connectivity index (χ2v) is 7.76. The molecular formula is C19H18F7N7O4. The first-order chi connectivity index (χ1) is 16.9. The van der Waals surface area contributed by atoms with Crippen LogP contribution < -0.4 is 15.7 Å². The molecule has 0 saturated heterocycles. The summed E-state index contributed by atoms with van der Waals surface area (Å²) in [6, 6.07) is 0.321. The number of aryl methyl sites for hydroxylation is 1. The molecule has 18 heteroatoms. The van der Waals surface area contributed by atoms with Gasteiger partial charge in [0, 0.05) is 7.05 Å². The summed E-state index contributed by atoms with van der Waals surface area (Å²) < 4.78 is 100.0. The zero-order chi connectivity index (χ0) is 28.0. The topological polar surface area (TPSA) is 140 Å². The molecule has 3 N–H and O–H groups in total. The van der Waals surface area contributed by atoms with Gasteiger partial charge >= 0.3 is 18.0 Å². The molecule has 0 spiro atoms. The molecule has 0 aliphatic heterocycles. The number of hydrogen-bond acceptors (Lipinski definition) is 7. The number of pyridine rings is 1. The molecule has 0 saturated carbocycles. The number of alkyl halides is 6. The van der Waals surface area contributed by atoms with Gasteiger partial charge in [0.15, 0.2) is 29.3 Å². The number of aliphatic hydroxyl groups is 1. The lowest BCUT2D eigenvalue weighted by Crippen LogP contribution is -2.33. The number of rotatable bonds is 6. The number of nitrogens with zero attached hydrogens (tertiary/aromatic N) is 5. The monoisotopic (exact) mass is 541 g/mol. The van der Waals surface area contributed by atoms with Crippen LogP contribution in [0.4, 0.5) is 36.4 Å². The summed E-state index contributed by atoms with van der Waals surface area (Å²) in [7, 11) is 1.17. The number of aromatic amines is 1. The maximum absolute atomic E-state index is 15.0. The van der Waals surface area contributed by atoms with Crippen LogP contribution in [0, 0.1) is 12.7 Å². The number of halogens is 7. The zero-order valence-corrected chi connectivity index (χ0v) is 19.3. The van der Waals surface area contributed by atoms with Crippen molar-refractivity contribution in [2.75, 3.05) is 5.32 Å². The number of H-pyrrole nitrogens is 1. The van der Waals surface area contributed by atoms with Crippen LogP contribution >= 0.6 is 0 Å². The molecule has 3 aromatic heterocycles. The number of aliphatic hydroxyl groups excluding tert-OH is 1. The summed E-state index contributed by atoms with van der Waals surface area (Å²) in [5.41, 5.74) is -4.74. The van der Waals surface area contributed by atoms with E-state index >= 15 is 4.39 Å². The van der Waals surface area contributed by atoms with E-state index in [-0.39, 0.29) is 11.5 Å². The van der Waals surface area contributed by atoms with Crippen molar-refractivity contribution in [3.8, 4) is 11.7 Å². The van der Waals surface area contributed by atoms with E-state index in [4.69, 9.17) is 4.74 Å². The fourth-order valence-electron chi connectivity index (χ4n) is 3.02. The molecular weight excluding hydrogens is 523 g/mol. The van der Waals surface area contributed by atoms with Gasteiger partial charge in [0.05, 0.1) is 11.4 Å². The standard InChI is InChI=1S/C19H18F7N7O4/c1-6-11(12(30-29-6)19(24,25)26)27-15(35)9-5-10(20)14(28-16(9)37-8(3)18(21,22)23)33-17(36)32(4)13(31-33)7(2)34/h5,7-8,34H,1-4H3,(H,27,35)(H,29,30). The van der Waals surface area contributed by atoms with Crippen molar-refractivity contribution in [1.82, 2.24) is 29.5 Å². The average molecular weight is 541 g/mol. The second-order valence-electron chi connectivity index (χ2n) is 7.76. The molecule has 0 fully saturated rings. The molecule has 11 nitrogen and oxygen atoms in total. The fraction of sp³-hybridized carbons (Fsp3) is 0.421. The van der Waals surface area contributed by atoms with Gasteiger partial charge in [-0.2, -0.15) is 41.1 Å². The molecule has 3 aromatic rings. The van der Waals surface area contributed by atoms with Crippen molar-refractivity contribution < 1.29 is 45.4 Å². The van der Waals surface area contributed by atoms with E-state index in [2.05, 4.69) is 15.2 Å². The van der Waals surface area contributed by atoms with E-state index in [9.17, 15) is 41.0 Å². The SMILES string of the molecule is Cc1[nH]nc(C(F)(F)F)c1NC(=O)c1cc(F)c(-n2nc(C(C)O)n(C)c2=O)nc1OC(C)C(F)(F)F. The van der Waals surface area contributed by atoms with Crippen LogP contribution in [0.2, 0.25) is 0 Å². The van der Waals surface area contributed by atoms with Crippen molar-refractivity contribution in [2.24, 2.45) is 7.05 Å². The molecule has 0 aromatic carbocycles. The Labute approximate surface area is 201 Å². The van der Waals surface area contributed by atoms with E-state index < -0.39 is 70.6 Å². The predicted molar refractivity (Wildman–Crippen MR) is 110 cm³/mol. The molecule has 2 atom stereocenters. The number of anilines is 1. The minimum atomic E-state index is -5.02. The Morgan fingerprint density at radius 3 is 2.35 bits per heavy atom. The lowest BCUT2D eigenvalue weighted by Gasteiger charge is -2.19. The van der Waals surface area contributed by atoms with Gasteiger partial charge in [-0.15, -0.1) is 5.10 Å². The van der Waals surface area contributed by atoms with Crippen LogP contribution in [-0.2, 0) is 13.2 Å². The predicted octanol–water partition coefficient (Wildman–Crippen LogP) is 2.79. The molecule has 0 radical (unpaired) electrons. The third-order valence-corrected chi connectivity index (χ3v) is 4.96. The van der Waals surface area contributed by atoms with Crippen LogP contribution in [0.25, 0.3) is 5.82 Å². The van der Waals surface area contributed by atoms with Crippen LogP contribution in [0.5, 0.6) is 5.88 Å². The Kier molecular flexibility index (Phi) is 7.08. The van der Waals surface area contributed by atoms with E-state index in [0.717, 1.165) is 11.5 Å². The first-order valence-electron chi connectivity index (χ1n) is 10.1. The normalized spacial score (nSPS) is 13.9. The van der Waals surface area contributed by atoms with Gasteiger partial charge in [-0.1, -0.05) is 0 Å². The Morgan fingerprint density at radius 1 is 1.22 bits per heavy atom. The highest BCUT2D eigenvalue weighted by atomic mass is 19.4. The highest BCUT2D eigenvalue weighted by molar-refractivity contribution is 6.06. The Bertz CT molecular complexity index is 1390. The number of amides is 1. The number of carbonyl (C=O) groups excluding carboxylic acids is 1. The summed E-state index contributed by atoms with van der Waals surface area (Å²) in [6.45, 7) is 2.89. The third kappa shape index (κ3) is 5.42. The van der Waals surface area contributed by atoms with Crippen molar-refractivity contribution in [2.45, 2.75) is 45.3 Å². The first kappa shape index (κ1) is 27.6. The first-order valence-corrected chi connectivity index (χ1v) is 10.1. The van der Waals surface area contributed by atoms with Gasteiger partial charge in [0.1, 0.15) is 11.7 Å². The minimum absolute atomic E-state index is 0.255. The summed E-state index contributed by atoms with van der Waals surface area (Å²) in [4.78, 5) is 28.8. The molecule has 3 rings (SSSR count). The number of aromatic nitrogens is 6. The molecule has 2 unspecified atom stereocenters. The van der Waals surface area contributed by atoms with Crippen LogP contribution in [0.1, 0.15) is 47.5 Å². The lowest BCUT2D eigenvalue weighted by molar-refractivity contribution is -0.190. The van der Waals surface area contributed by atoms with Gasteiger partial charge < -0.3 is 15.2 Å². The molecule has 1 amide bonds. The van der Waals surface area contributed by atoms with Crippen molar-refractivity contribution in [3.05, 3.63) is 45.1 Å². The average Bonchev–Trinajstić information content (AvgIpc) is 3.28. The third-order valence-electron chi connectivity index (χ3n) is 4.96. The molecule has 0 bridgehead atoms. The Morgan fingerprint density at radius 2 is 1.84 bits per heavy atom. The number of nitrogens with one attached hydrogen (secondary N) is 2. The molecule has 3 heterocycles. The molecule has 0 aliphatic carbocycles. The summed E-state index contributed by atoms with van der Waals surface area (Å²) in [5.74, 6) is -5.40. The van der Waals surface area contributed by atoms with Crippen LogP contribution in [0.3, 0.4) is 0 Å². The maximum atomic E-state index is 15.0. The number of ether oxygens (including phenoxy) is 1. The maximum Gasteiger partial charge on any atom is 0.437 e. The summed E-state index contributed by atoms with van der Waals surface area (Å²) in [6.07, 6.45) is -13.9. The fourth-order valence-corrected chi connectivity index (χ4v) is 3.02. The molecule has 37 heavy (non-hydrogen) atoms. The Hall–Kier alpha value is -3.96. The van der Waals surface area contributed by atoms with Crippen molar-refractivity contribution >= 4 is 11.6 Å². The summed E-state index contributed by atoms with van der Waals surface area (Å²) >= 11 is 0. The zero-order valence-electron chi connectivity index (χ0n) is 19.3. The van der Waals surface area contributed by atoms with E-state index in [1.54, 1.807) is 0 Å². The Balaban J connectivity index is 2.16. The minimum Gasteiger partial charge on any atom is -0.464 e. The van der Waals surface area contributed by atoms with Crippen molar-refractivity contribution in [1.29, 1.82) is 0 Å². The van der Waals surface area contributed by atoms with E-state index in [1.807, 2.05) is 10.4 Å². The second kappa shape index (κ2) is 9.49. The van der Waals surface area contributed by atoms with Gasteiger partial charge in [-0.05, 0) is 26.8 Å². The van der Waals surface area contributed by atoms with E-state index in [1.165, 1.54) is 14.0 Å². The summed E-state index contributed by atoms with van der Waals surface area (Å²) in [5, 5.41) is 20.3. The quantitative estimate of drug-likeness (QED) is 0.408. The highest BCUT2D eigenvalue weighted by Crippen LogP contribution is 2.35. The van der Waals surface area contributed by atoms with Crippen molar-refractivity contribution in [3.63, 3.8) is 0 Å². The smallest absolute Gasteiger partial charge is 0.437 e. The van der Waals surface area contributed by atoms with E-state index in [0.29, 0.717) is 17.7 Å². The van der Waals surface area contributed by atoms with Gasteiger partial charge in [-0.25, -0.2) is 9.18 Å². The van der Waals surface area contributed by atoms with Gasteiger partial charge in [0.2, 0.25) is 5.88 Å². The largest absolute Gasteiger partial charge is 0.464 e.